The minimum Gasteiger partial charge on any atom is -0.346 e. The summed E-state index contributed by atoms with van der Waals surface area (Å²) in [6.07, 6.45) is 1.99. The quantitative estimate of drug-likeness (QED) is 0.643. The number of anilines is 1. The highest BCUT2D eigenvalue weighted by molar-refractivity contribution is 9.10. The van der Waals surface area contributed by atoms with E-state index < -0.39 is 0 Å². The van der Waals surface area contributed by atoms with Crippen molar-refractivity contribution in [1.29, 1.82) is 0 Å². The van der Waals surface area contributed by atoms with Gasteiger partial charge in [0, 0.05) is 30.9 Å². The zero-order valence-corrected chi connectivity index (χ0v) is 16.1. The lowest BCUT2D eigenvalue weighted by molar-refractivity contribution is 0.491. The molecule has 0 spiro atoms. The van der Waals surface area contributed by atoms with Crippen molar-refractivity contribution in [3.05, 3.63) is 58.8 Å². The molecule has 0 aliphatic carbocycles. The Morgan fingerprint density at radius 3 is 2.75 bits per heavy atom. The van der Waals surface area contributed by atoms with E-state index in [1.807, 2.05) is 47.1 Å². The van der Waals surface area contributed by atoms with Crippen LogP contribution in [0.15, 0.2) is 53.1 Å². The number of aryl methyl sites for hydroxylation is 1. The SMILES string of the molecule is CCn1cc(Br)c(CN(C)C(=S)Nc2cccc3ccccc23)n1. The Kier molecular flexibility index (Phi) is 5.16. The zero-order valence-electron chi connectivity index (χ0n) is 13.7. The maximum absolute atomic E-state index is 5.56. The number of benzene rings is 2. The van der Waals surface area contributed by atoms with Gasteiger partial charge in [0.25, 0.3) is 0 Å². The summed E-state index contributed by atoms with van der Waals surface area (Å²) in [5, 5.41) is 10.9. The molecular formula is C18H19BrN4S. The Morgan fingerprint density at radius 2 is 2.00 bits per heavy atom. The summed E-state index contributed by atoms with van der Waals surface area (Å²) in [5.74, 6) is 0. The maximum Gasteiger partial charge on any atom is 0.173 e. The molecule has 0 fully saturated rings. The van der Waals surface area contributed by atoms with Crippen LogP contribution >= 0.6 is 28.1 Å². The van der Waals surface area contributed by atoms with Crippen molar-refractivity contribution in [2.45, 2.75) is 20.0 Å². The predicted octanol–water partition coefficient (Wildman–Crippen LogP) is 4.65. The van der Waals surface area contributed by atoms with Gasteiger partial charge in [0.2, 0.25) is 0 Å². The molecule has 0 saturated heterocycles. The molecule has 0 aliphatic heterocycles. The van der Waals surface area contributed by atoms with Crippen LogP contribution in [-0.2, 0) is 13.1 Å². The first kappa shape index (κ1) is 16.9. The molecule has 0 saturated carbocycles. The standard InChI is InChI=1S/C18H19BrN4S/c1-3-23-11-15(19)17(21-23)12-22(2)18(24)20-16-10-6-8-13-7-4-5-9-14(13)16/h4-11H,3,12H2,1-2H3,(H,20,24). The molecule has 3 aromatic rings. The number of fused-ring (bicyclic) bond motifs is 1. The summed E-state index contributed by atoms with van der Waals surface area (Å²) >= 11 is 9.13. The van der Waals surface area contributed by atoms with Gasteiger partial charge in [-0.2, -0.15) is 5.10 Å². The molecule has 0 unspecified atom stereocenters. The number of hydrogen-bond donors (Lipinski definition) is 1. The smallest absolute Gasteiger partial charge is 0.173 e. The first-order valence-corrected chi connectivity index (χ1v) is 9.00. The van der Waals surface area contributed by atoms with Crippen LogP contribution in [0.25, 0.3) is 10.8 Å². The summed E-state index contributed by atoms with van der Waals surface area (Å²) < 4.78 is 2.92. The molecule has 124 valence electrons. The second-order valence-corrected chi connectivity index (χ2v) is 6.83. The summed E-state index contributed by atoms with van der Waals surface area (Å²) in [6, 6.07) is 14.5. The summed E-state index contributed by atoms with van der Waals surface area (Å²) in [7, 11) is 1.97. The van der Waals surface area contributed by atoms with Gasteiger partial charge in [-0.25, -0.2) is 0 Å². The zero-order chi connectivity index (χ0) is 17.1. The molecule has 0 radical (unpaired) electrons. The van der Waals surface area contributed by atoms with Crippen molar-refractivity contribution in [3.63, 3.8) is 0 Å². The van der Waals surface area contributed by atoms with Gasteiger partial charge in [0.1, 0.15) is 0 Å². The monoisotopic (exact) mass is 402 g/mol. The third-order valence-electron chi connectivity index (χ3n) is 3.88. The number of halogens is 1. The highest BCUT2D eigenvalue weighted by Gasteiger charge is 2.12. The number of thiocarbonyl (C=S) groups is 1. The van der Waals surface area contributed by atoms with Crippen molar-refractivity contribution >= 4 is 49.7 Å². The molecule has 24 heavy (non-hydrogen) atoms. The van der Waals surface area contributed by atoms with Gasteiger partial charge in [0.05, 0.1) is 16.7 Å². The van der Waals surface area contributed by atoms with Crippen LogP contribution in [0.2, 0.25) is 0 Å². The Bertz CT molecular complexity index is 869. The molecule has 6 heteroatoms. The Morgan fingerprint density at radius 1 is 1.25 bits per heavy atom. The van der Waals surface area contributed by atoms with Crippen LogP contribution in [0, 0.1) is 0 Å². The first-order valence-electron chi connectivity index (χ1n) is 7.80. The number of hydrogen-bond acceptors (Lipinski definition) is 2. The molecule has 3 rings (SSSR count). The Labute approximate surface area is 155 Å². The highest BCUT2D eigenvalue weighted by Crippen LogP contribution is 2.23. The van der Waals surface area contributed by atoms with Gasteiger partial charge in [-0.05, 0) is 46.5 Å². The highest BCUT2D eigenvalue weighted by atomic mass is 79.9. The summed E-state index contributed by atoms with van der Waals surface area (Å²) in [4.78, 5) is 1.99. The van der Waals surface area contributed by atoms with Crippen molar-refractivity contribution in [2.75, 3.05) is 12.4 Å². The van der Waals surface area contributed by atoms with Crippen molar-refractivity contribution in [2.24, 2.45) is 0 Å². The van der Waals surface area contributed by atoms with Crippen LogP contribution in [0.3, 0.4) is 0 Å². The van der Waals surface area contributed by atoms with Gasteiger partial charge < -0.3 is 10.2 Å². The van der Waals surface area contributed by atoms with Crippen LogP contribution < -0.4 is 5.32 Å². The van der Waals surface area contributed by atoms with Crippen molar-refractivity contribution < 1.29 is 0 Å². The predicted molar refractivity (Wildman–Crippen MR) is 107 cm³/mol. The van der Waals surface area contributed by atoms with Gasteiger partial charge in [-0.3, -0.25) is 4.68 Å². The molecule has 2 aromatic carbocycles. The molecular weight excluding hydrogens is 384 g/mol. The topological polar surface area (TPSA) is 33.1 Å². The molecule has 4 nitrogen and oxygen atoms in total. The average Bonchev–Trinajstić information content (AvgIpc) is 2.95. The van der Waals surface area contributed by atoms with Crippen LogP contribution in [0.4, 0.5) is 5.69 Å². The lowest BCUT2D eigenvalue weighted by Gasteiger charge is -2.21. The fourth-order valence-corrected chi connectivity index (χ4v) is 3.16. The minimum absolute atomic E-state index is 0.643. The molecule has 1 N–H and O–H groups in total. The fraction of sp³-hybridized carbons (Fsp3) is 0.222. The fourth-order valence-electron chi connectivity index (χ4n) is 2.55. The molecule has 0 amide bonds. The second kappa shape index (κ2) is 7.32. The van der Waals surface area contributed by atoms with E-state index in [0.29, 0.717) is 11.7 Å². The van der Waals surface area contributed by atoms with E-state index in [4.69, 9.17) is 12.2 Å². The van der Waals surface area contributed by atoms with Crippen LogP contribution in [-0.4, -0.2) is 26.8 Å². The van der Waals surface area contributed by atoms with E-state index in [0.717, 1.165) is 27.8 Å². The normalized spacial score (nSPS) is 10.8. The van der Waals surface area contributed by atoms with Crippen LogP contribution in [0.1, 0.15) is 12.6 Å². The molecule has 1 heterocycles. The van der Waals surface area contributed by atoms with Gasteiger partial charge in [0.15, 0.2) is 5.11 Å². The van der Waals surface area contributed by atoms with Crippen molar-refractivity contribution in [1.82, 2.24) is 14.7 Å². The Balaban J connectivity index is 1.75. The van der Waals surface area contributed by atoms with E-state index in [1.54, 1.807) is 0 Å². The second-order valence-electron chi connectivity index (χ2n) is 5.59. The van der Waals surface area contributed by atoms with E-state index in [-0.39, 0.29) is 0 Å². The molecule has 0 atom stereocenters. The number of nitrogens with zero attached hydrogens (tertiary/aromatic N) is 3. The number of aromatic nitrogens is 2. The maximum atomic E-state index is 5.56. The van der Waals surface area contributed by atoms with E-state index in [1.165, 1.54) is 5.39 Å². The number of rotatable bonds is 4. The Hall–Kier alpha value is -1.92. The van der Waals surface area contributed by atoms with Gasteiger partial charge >= 0.3 is 0 Å². The van der Waals surface area contributed by atoms with Gasteiger partial charge in [-0.15, -0.1) is 0 Å². The third-order valence-corrected chi connectivity index (χ3v) is 4.95. The van der Waals surface area contributed by atoms with Crippen LogP contribution in [0.5, 0.6) is 0 Å². The lowest BCUT2D eigenvalue weighted by atomic mass is 10.1. The average molecular weight is 403 g/mol. The molecule has 1 aromatic heterocycles. The molecule has 0 aliphatic rings. The van der Waals surface area contributed by atoms with Gasteiger partial charge in [-0.1, -0.05) is 36.4 Å². The van der Waals surface area contributed by atoms with E-state index in [9.17, 15) is 0 Å². The van der Waals surface area contributed by atoms with E-state index >= 15 is 0 Å². The lowest BCUT2D eigenvalue weighted by Crippen LogP contribution is -2.31. The first-order chi connectivity index (χ1) is 11.6. The third kappa shape index (κ3) is 3.60. The largest absolute Gasteiger partial charge is 0.346 e. The summed E-state index contributed by atoms with van der Waals surface area (Å²) in [5.41, 5.74) is 1.99. The van der Waals surface area contributed by atoms with E-state index in [2.05, 4.69) is 51.5 Å². The minimum atomic E-state index is 0.643. The van der Waals surface area contributed by atoms with Crippen molar-refractivity contribution in [3.8, 4) is 0 Å². The number of nitrogens with one attached hydrogen (secondary N) is 1. The molecule has 0 bridgehead atoms. The summed E-state index contributed by atoms with van der Waals surface area (Å²) in [6.45, 7) is 3.56.